The van der Waals surface area contributed by atoms with Crippen molar-refractivity contribution in [3.8, 4) is 6.01 Å². The lowest BCUT2D eigenvalue weighted by atomic mass is 9.93. The summed E-state index contributed by atoms with van der Waals surface area (Å²) in [7, 11) is 1.66. The van der Waals surface area contributed by atoms with Gasteiger partial charge in [-0.2, -0.15) is 28.2 Å². The number of amides is 1. The fraction of sp³-hybridized carbons (Fsp3) is 0.576. The van der Waals surface area contributed by atoms with Gasteiger partial charge in [0.2, 0.25) is 0 Å². The fourth-order valence-electron chi connectivity index (χ4n) is 7.77. The number of hydrogen-bond donors (Lipinski definition) is 1. The number of carbonyl (C=O) groups excluding carboxylic acids is 1. The molecule has 0 spiro atoms. The van der Waals surface area contributed by atoms with E-state index in [0.29, 0.717) is 56.1 Å². The van der Waals surface area contributed by atoms with Gasteiger partial charge < -0.3 is 25.0 Å². The van der Waals surface area contributed by atoms with Gasteiger partial charge in [0.15, 0.2) is 11.5 Å². The number of alkyl halides is 4. The maximum atomic E-state index is 15.5. The molecule has 11 nitrogen and oxygen atoms in total. The summed E-state index contributed by atoms with van der Waals surface area (Å²) < 4.78 is 86.7. The van der Waals surface area contributed by atoms with Gasteiger partial charge >= 0.3 is 12.2 Å². The van der Waals surface area contributed by atoms with E-state index in [-0.39, 0.29) is 54.5 Å². The van der Waals surface area contributed by atoms with Gasteiger partial charge in [-0.3, -0.25) is 14.4 Å². The molecule has 2 N–H and O–H groups in total. The quantitative estimate of drug-likeness (QED) is 0.229. The van der Waals surface area contributed by atoms with Crippen LogP contribution in [0.1, 0.15) is 77.3 Å². The van der Waals surface area contributed by atoms with Gasteiger partial charge in [-0.05, 0) is 38.8 Å². The van der Waals surface area contributed by atoms with Crippen molar-refractivity contribution in [3.05, 3.63) is 55.7 Å². The van der Waals surface area contributed by atoms with Crippen molar-refractivity contribution in [2.24, 2.45) is 0 Å². The van der Waals surface area contributed by atoms with E-state index in [9.17, 15) is 22.4 Å². The van der Waals surface area contributed by atoms with E-state index in [4.69, 9.17) is 43.4 Å². The van der Waals surface area contributed by atoms with Crippen LogP contribution in [0.4, 0.5) is 33.5 Å². The van der Waals surface area contributed by atoms with Crippen molar-refractivity contribution in [2.75, 3.05) is 50.5 Å². The van der Waals surface area contributed by atoms with Crippen molar-refractivity contribution in [2.45, 2.75) is 82.7 Å². The summed E-state index contributed by atoms with van der Waals surface area (Å²) in [4.78, 5) is 27.9. The Bertz CT molecular complexity index is 1860. The first kappa shape index (κ1) is 35.9. The number of ether oxygens (including phenoxy) is 2. The van der Waals surface area contributed by atoms with Crippen LogP contribution >= 0.6 is 23.2 Å². The number of rotatable bonds is 7. The molecule has 0 radical (unpaired) electrons. The minimum atomic E-state index is -5.00. The van der Waals surface area contributed by atoms with Crippen LogP contribution in [0.15, 0.2) is 6.07 Å². The van der Waals surface area contributed by atoms with Gasteiger partial charge in [-0.15, -0.1) is 0 Å². The van der Waals surface area contributed by atoms with Crippen molar-refractivity contribution < 1.29 is 36.2 Å². The molecule has 0 aliphatic carbocycles. The van der Waals surface area contributed by atoms with Crippen molar-refractivity contribution in [3.63, 3.8) is 0 Å². The lowest BCUT2D eigenvalue weighted by Gasteiger charge is -2.33. The average molecular weight is 760 g/mol. The smallest absolute Gasteiger partial charge is 0.418 e. The second kappa shape index (κ2) is 13.5. The molecular weight excluding hydrogens is 722 g/mol. The molecule has 0 unspecified atom stereocenters. The maximum Gasteiger partial charge on any atom is 0.418 e. The summed E-state index contributed by atoms with van der Waals surface area (Å²) in [5, 5.41) is 3.98. The Balaban J connectivity index is 1.28. The van der Waals surface area contributed by atoms with Crippen LogP contribution in [-0.2, 0) is 37.0 Å². The highest BCUT2D eigenvalue weighted by atomic mass is 35.5. The molecule has 51 heavy (non-hydrogen) atoms. The molecule has 7 rings (SSSR count). The minimum Gasteiger partial charge on any atom is -0.461 e. The lowest BCUT2D eigenvalue weighted by Crippen LogP contribution is -2.43. The van der Waals surface area contributed by atoms with E-state index in [1.54, 1.807) is 11.7 Å². The predicted octanol–water partition coefficient (Wildman–Crippen LogP) is 5.99. The fourth-order valence-corrected chi connectivity index (χ4v) is 8.37. The number of hydrogen-bond acceptors (Lipinski definition) is 9. The second-order valence-corrected chi connectivity index (χ2v) is 14.4. The van der Waals surface area contributed by atoms with E-state index >= 15 is 4.39 Å². The van der Waals surface area contributed by atoms with Crippen molar-refractivity contribution >= 4 is 40.6 Å². The van der Waals surface area contributed by atoms with Crippen LogP contribution in [0.5, 0.6) is 6.01 Å². The van der Waals surface area contributed by atoms with Gasteiger partial charge in [0.25, 0.3) is 5.91 Å². The van der Waals surface area contributed by atoms with E-state index in [2.05, 4.69) is 15.0 Å². The first-order valence-electron chi connectivity index (χ1n) is 16.8. The highest BCUT2D eigenvalue weighted by Crippen LogP contribution is 2.46. The number of nitrogen functional groups attached to an aromatic ring is 1. The predicted molar refractivity (Wildman–Crippen MR) is 178 cm³/mol. The zero-order chi connectivity index (χ0) is 36.4. The molecule has 276 valence electrons. The van der Waals surface area contributed by atoms with Gasteiger partial charge in [0.1, 0.15) is 18.6 Å². The van der Waals surface area contributed by atoms with Crippen LogP contribution in [-0.4, -0.2) is 87.0 Å². The molecule has 0 saturated carbocycles. The molecule has 6 heterocycles. The van der Waals surface area contributed by atoms with Crippen molar-refractivity contribution in [1.82, 2.24) is 29.5 Å². The summed E-state index contributed by atoms with van der Waals surface area (Å²) in [6.45, 7) is 4.30. The monoisotopic (exact) mass is 758 g/mol. The Hall–Kier alpha value is -3.47. The average Bonchev–Trinajstić information content (AvgIpc) is 3.65. The van der Waals surface area contributed by atoms with Gasteiger partial charge in [0, 0.05) is 57.2 Å². The topological polar surface area (TPSA) is 115 Å². The maximum absolute atomic E-state index is 15.5. The summed E-state index contributed by atoms with van der Waals surface area (Å²) in [5.41, 5.74) is 3.96. The summed E-state index contributed by atoms with van der Waals surface area (Å²) >= 11 is 12.8. The summed E-state index contributed by atoms with van der Waals surface area (Å²) in [6.07, 6.45) is -5.20. The van der Waals surface area contributed by atoms with Crippen molar-refractivity contribution in [1.29, 1.82) is 0 Å². The summed E-state index contributed by atoms with van der Waals surface area (Å²) in [5.74, 6) is -1.21. The largest absolute Gasteiger partial charge is 0.461 e. The molecule has 18 heteroatoms. The highest BCUT2D eigenvalue weighted by Gasteiger charge is 2.49. The van der Waals surface area contributed by atoms with Crippen LogP contribution in [0.2, 0.25) is 10.0 Å². The number of nitrogens with two attached hydrogens (primary N) is 1. The Morgan fingerprint density at radius 2 is 2.00 bits per heavy atom. The molecule has 3 aromatic rings. The van der Waals surface area contributed by atoms with E-state index in [1.165, 1.54) is 4.90 Å². The Kier molecular flexibility index (Phi) is 9.51. The molecule has 2 fully saturated rings. The zero-order valence-electron chi connectivity index (χ0n) is 28.0. The van der Waals surface area contributed by atoms with E-state index in [0.717, 1.165) is 25.5 Å². The number of benzene rings is 1. The number of anilines is 2. The van der Waals surface area contributed by atoms with Crippen LogP contribution in [0, 0.1) is 5.82 Å². The lowest BCUT2D eigenvalue weighted by molar-refractivity contribution is -0.140. The number of carbonyl (C=O) groups is 1. The molecular formula is C33H37Cl2F5N8O3. The minimum absolute atomic E-state index is 0.0562. The van der Waals surface area contributed by atoms with Gasteiger partial charge in [-0.1, -0.05) is 23.2 Å². The number of nitrogens with zero attached hydrogens (tertiary/aromatic N) is 7. The standard InChI is InChI=1S/C33H37Cl2F5N8O3/c1-3-45(2)30(49)28-26(35)22-14-46(7-5-9-48(22)44-28)29-18-15-50-23(24-25(33(38,39)40)19(34)10-20(41)27(24)37)11-21(18)42-31(43-29)51-16-32-6-4-8-47(32)13-17(36)12-32/h10,17,23H,3-9,11-16,41H2,1-2H3/t17-,23+,32+/m1/s1. The van der Waals surface area contributed by atoms with Gasteiger partial charge in [0.05, 0.1) is 57.5 Å². The molecule has 4 aliphatic rings. The van der Waals surface area contributed by atoms with Gasteiger partial charge in [-0.25, -0.2) is 8.78 Å². The Morgan fingerprint density at radius 3 is 2.75 bits per heavy atom. The number of fused-ring (bicyclic) bond motifs is 3. The Morgan fingerprint density at radius 1 is 1.22 bits per heavy atom. The van der Waals surface area contributed by atoms with E-state index in [1.807, 2.05) is 11.8 Å². The molecule has 3 atom stereocenters. The molecule has 1 aromatic carbocycles. The second-order valence-electron chi connectivity index (χ2n) is 13.6. The number of aryl methyl sites for hydroxylation is 1. The molecule has 2 saturated heterocycles. The third-order valence-electron chi connectivity index (χ3n) is 10.4. The molecule has 0 bridgehead atoms. The normalized spacial score (nSPS) is 23.5. The first-order valence-corrected chi connectivity index (χ1v) is 17.6. The SMILES string of the molecule is CCN(C)C(=O)c1nn2c(c1Cl)CN(c1nc(OC[C@@]34CCCN3C[C@H](F)C4)nc3c1CO[C@H](c1c(F)c(N)cc(Cl)c1C(F)(F)F)C3)CCC2. The summed E-state index contributed by atoms with van der Waals surface area (Å²) in [6, 6.07) is 0.677. The molecule has 4 aliphatic heterocycles. The molecule has 1 amide bonds. The highest BCUT2D eigenvalue weighted by molar-refractivity contribution is 6.34. The van der Waals surface area contributed by atoms with E-state index < -0.39 is 51.6 Å². The zero-order valence-corrected chi connectivity index (χ0v) is 29.5. The third-order valence-corrected chi connectivity index (χ3v) is 11.1. The first-order chi connectivity index (χ1) is 24.2. The number of halogens is 7. The molecule has 2 aromatic heterocycles. The number of aromatic nitrogens is 4. The van der Waals surface area contributed by atoms with Crippen LogP contribution in [0.25, 0.3) is 0 Å². The third kappa shape index (κ3) is 6.46. The Labute approximate surface area is 300 Å². The van der Waals surface area contributed by atoms with Crippen LogP contribution in [0.3, 0.4) is 0 Å². The van der Waals surface area contributed by atoms with Crippen LogP contribution < -0.4 is 15.4 Å².